The van der Waals surface area contributed by atoms with Gasteiger partial charge in [0.2, 0.25) is 0 Å². The zero-order chi connectivity index (χ0) is 27.1. The van der Waals surface area contributed by atoms with Crippen LogP contribution < -0.4 is 14.8 Å². The van der Waals surface area contributed by atoms with Crippen LogP contribution in [0, 0.1) is 11.6 Å². The second-order valence-electron chi connectivity index (χ2n) is 8.53. The molecule has 1 aliphatic heterocycles. The molecule has 0 radical (unpaired) electrons. The van der Waals surface area contributed by atoms with Gasteiger partial charge in [-0.2, -0.15) is 4.58 Å². The Morgan fingerprint density at radius 3 is 2.58 bits per heavy atom. The third-order valence-electron chi connectivity index (χ3n) is 6.06. The van der Waals surface area contributed by atoms with E-state index in [-0.39, 0.29) is 25.1 Å². The van der Waals surface area contributed by atoms with Gasteiger partial charge in [0, 0.05) is 23.6 Å². The number of ether oxygens (including phenoxy) is 3. The number of benzene rings is 3. The van der Waals surface area contributed by atoms with Crippen molar-refractivity contribution in [1.82, 2.24) is 5.32 Å². The summed E-state index contributed by atoms with van der Waals surface area (Å²) in [6.07, 6.45) is 2.44. The van der Waals surface area contributed by atoms with E-state index >= 15 is 0 Å². The van der Waals surface area contributed by atoms with E-state index in [2.05, 4.69) is 5.32 Å². The normalized spacial score (nSPS) is 16.4. The monoisotopic (exact) mass is 521 g/mol. The van der Waals surface area contributed by atoms with Crippen molar-refractivity contribution in [2.75, 3.05) is 20.8 Å². The molecule has 0 saturated heterocycles. The van der Waals surface area contributed by atoms with E-state index in [1.165, 1.54) is 30.9 Å². The van der Waals surface area contributed by atoms with Gasteiger partial charge in [0.15, 0.2) is 30.4 Å². The van der Waals surface area contributed by atoms with E-state index in [1.807, 2.05) is 30.3 Å². The number of methoxy groups -OCH3 is 2. The molecule has 4 rings (SSSR count). The van der Waals surface area contributed by atoms with Gasteiger partial charge in [-0.15, -0.1) is 0 Å². The predicted molar refractivity (Wildman–Crippen MR) is 137 cm³/mol. The first kappa shape index (κ1) is 26.5. The van der Waals surface area contributed by atoms with Gasteiger partial charge in [0.1, 0.15) is 18.1 Å². The number of alkyl carbamates (subject to hydrolysis) is 1. The molecule has 7 nitrogen and oxygen atoms in total. The molecule has 1 heterocycles. The molecule has 1 aliphatic rings. The third kappa shape index (κ3) is 6.23. The number of halogens is 2. The Hall–Kier alpha value is -4.53. The third-order valence-corrected chi connectivity index (χ3v) is 6.06. The lowest BCUT2D eigenvalue weighted by atomic mass is 10.0. The molecule has 0 fully saturated rings. The molecule has 196 valence electrons. The zero-order valence-corrected chi connectivity index (χ0v) is 20.9. The quantitative estimate of drug-likeness (QED) is 0.456. The Morgan fingerprint density at radius 2 is 1.84 bits per heavy atom. The van der Waals surface area contributed by atoms with Crippen LogP contribution in [0.25, 0.3) is 5.57 Å². The highest BCUT2D eigenvalue weighted by molar-refractivity contribution is 5.89. The number of hydrogen-bond donors (Lipinski definition) is 1. The second kappa shape index (κ2) is 12.1. The smallest absolute Gasteiger partial charge is 0.410 e. The molecule has 2 amide bonds. The minimum atomic E-state index is -1.01. The fourth-order valence-electron chi connectivity index (χ4n) is 4.06. The first-order valence-corrected chi connectivity index (χ1v) is 11.9. The fraction of sp³-hybridized carbons (Fsp3) is 0.207. The summed E-state index contributed by atoms with van der Waals surface area (Å²) >= 11 is 0. The van der Waals surface area contributed by atoms with Crippen LogP contribution in [0.15, 0.2) is 72.8 Å². The molecule has 0 unspecified atom stereocenters. The van der Waals surface area contributed by atoms with Gasteiger partial charge in [-0.3, -0.25) is 0 Å². The average molecular weight is 522 g/mol. The minimum absolute atomic E-state index is 0.0298. The van der Waals surface area contributed by atoms with Crippen molar-refractivity contribution in [2.24, 2.45) is 0 Å². The number of nitrogens with zero attached hydrogens (tertiary/aromatic N) is 1. The van der Waals surface area contributed by atoms with Gasteiger partial charge < -0.3 is 19.5 Å². The summed E-state index contributed by atoms with van der Waals surface area (Å²) in [5.74, 6) is -1.46. The SMILES string of the molecule is COc1ccc(C=[N+]2CC(c3cccc(F)c3F)=CC[C@@H](NC(=O)OCc3ccccc3)C2=O)c(OC)c1. The van der Waals surface area contributed by atoms with Crippen LogP contribution in [0.2, 0.25) is 0 Å². The molecule has 3 aromatic carbocycles. The molecule has 1 N–H and O–H groups in total. The van der Waals surface area contributed by atoms with Crippen molar-refractivity contribution in [2.45, 2.75) is 19.1 Å². The second-order valence-corrected chi connectivity index (χ2v) is 8.53. The van der Waals surface area contributed by atoms with E-state index in [4.69, 9.17) is 14.2 Å². The topological polar surface area (TPSA) is 76.9 Å². The minimum Gasteiger partial charge on any atom is -0.497 e. The maximum absolute atomic E-state index is 14.7. The van der Waals surface area contributed by atoms with Crippen molar-refractivity contribution in [3.05, 3.63) is 101 Å². The Kier molecular flexibility index (Phi) is 8.47. The predicted octanol–water partition coefficient (Wildman–Crippen LogP) is 4.72. The molecule has 0 spiro atoms. The van der Waals surface area contributed by atoms with Gasteiger partial charge >= 0.3 is 12.0 Å². The standard InChI is InChI=1S/C29H26F2N2O5/c1-36-22-13-11-21(26(15-22)37-2)17-33-16-20(23-9-6-10-24(30)27(23)31)12-14-25(28(33)34)32-29(35)38-18-19-7-4-3-5-8-19/h3-13,15,17,25H,14,16,18H2,1-2H3/p+1/t25-/m1/s1. The molecule has 3 aromatic rings. The molecule has 38 heavy (non-hydrogen) atoms. The lowest BCUT2D eigenvalue weighted by Gasteiger charge is -2.13. The summed E-state index contributed by atoms with van der Waals surface area (Å²) in [6.45, 7) is -0.0340. The van der Waals surface area contributed by atoms with E-state index in [0.717, 1.165) is 11.6 Å². The maximum Gasteiger partial charge on any atom is 0.410 e. The molecule has 1 atom stereocenters. The van der Waals surface area contributed by atoms with Crippen LogP contribution in [0.5, 0.6) is 11.5 Å². The molecule has 9 heteroatoms. The largest absolute Gasteiger partial charge is 0.497 e. The summed E-state index contributed by atoms with van der Waals surface area (Å²) in [5, 5.41) is 2.60. The van der Waals surface area contributed by atoms with Crippen LogP contribution in [-0.4, -0.2) is 49.6 Å². The number of carbonyl (C=O) groups excluding carboxylic acids is 2. The molecular weight excluding hydrogens is 494 g/mol. The Labute approximate surface area is 219 Å². The highest BCUT2D eigenvalue weighted by Crippen LogP contribution is 2.26. The lowest BCUT2D eigenvalue weighted by molar-refractivity contribution is -0.432. The summed E-state index contributed by atoms with van der Waals surface area (Å²) in [4.78, 5) is 26.1. The molecule has 0 aliphatic carbocycles. The highest BCUT2D eigenvalue weighted by Gasteiger charge is 2.35. The summed E-state index contributed by atoms with van der Waals surface area (Å²) in [6, 6.07) is 17.1. The van der Waals surface area contributed by atoms with Gasteiger partial charge in [-0.1, -0.05) is 48.5 Å². The van der Waals surface area contributed by atoms with E-state index in [0.29, 0.717) is 22.6 Å². The van der Waals surface area contributed by atoms with E-state index in [1.54, 1.807) is 30.5 Å². The van der Waals surface area contributed by atoms with Crippen LogP contribution in [0.1, 0.15) is 23.1 Å². The van der Waals surface area contributed by atoms with Gasteiger partial charge in [0.05, 0.1) is 19.8 Å². The molecule has 0 bridgehead atoms. The number of rotatable bonds is 7. The molecule has 0 aromatic heterocycles. The van der Waals surface area contributed by atoms with Gasteiger partial charge in [-0.05, 0) is 23.8 Å². The van der Waals surface area contributed by atoms with E-state index in [9.17, 15) is 18.4 Å². The van der Waals surface area contributed by atoms with Crippen LogP contribution in [-0.2, 0) is 16.1 Å². The van der Waals surface area contributed by atoms with E-state index < -0.39 is 29.7 Å². The van der Waals surface area contributed by atoms with Crippen molar-refractivity contribution in [3.63, 3.8) is 0 Å². The average Bonchev–Trinajstić information content (AvgIpc) is 3.08. The summed E-state index contributed by atoms with van der Waals surface area (Å²) in [7, 11) is 3.01. The fourth-order valence-corrected chi connectivity index (χ4v) is 4.06. The maximum atomic E-state index is 14.7. The number of nitrogens with one attached hydrogen (secondary N) is 1. The number of amides is 2. The zero-order valence-electron chi connectivity index (χ0n) is 20.9. The van der Waals surface area contributed by atoms with Gasteiger partial charge in [0.25, 0.3) is 0 Å². The first-order chi connectivity index (χ1) is 18.4. The molecular formula is C29H27F2N2O5+. The number of carbonyl (C=O) groups is 2. The Bertz CT molecular complexity index is 1390. The van der Waals surface area contributed by atoms with Gasteiger partial charge in [-0.25, -0.2) is 18.4 Å². The van der Waals surface area contributed by atoms with Crippen LogP contribution >= 0.6 is 0 Å². The Balaban J connectivity index is 1.66. The van der Waals surface area contributed by atoms with Crippen molar-refractivity contribution in [1.29, 1.82) is 0 Å². The van der Waals surface area contributed by atoms with Crippen molar-refractivity contribution in [3.8, 4) is 11.5 Å². The van der Waals surface area contributed by atoms with Crippen LogP contribution in [0.4, 0.5) is 13.6 Å². The Morgan fingerprint density at radius 1 is 1.05 bits per heavy atom. The highest BCUT2D eigenvalue weighted by atomic mass is 19.2. The number of hydrogen-bond acceptors (Lipinski definition) is 5. The van der Waals surface area contributed by atoms with Crippen molar-refractivity contribution >= 4 is 23.8 Å². The summed E-state index contributed by atoms with van der Waals surface area (Å²) < 4.78 is 46.0. The molecule has 0 saturated carbocycles. The first-order valence-electron chi connectivity index (χ1n) is 11.9. The van der Waals surface area contributed by atoms with Crippen molar-refractivity contribution < 1.29 is 37.2 Å². The van der Waals surface area contributed by atoms with Crippen LogP contribution in [0.3, 0.4) is 0 Å². The lowest BCUT2D eigenvalue weighted by Crippen LogP contribution is -2.45. The summed E-state index contributed by atoms with van der Waals surface area (Å²) in [5.41, 5.74) is 1.76.